The molecule has 1 N–H and O–H groups in total. The number of fused-ring (bicyclic) bond motifs is 1. The predicted octanol–water partition coefficient (Wildman–Crippen LogP) is 3.47. The molecule has 1 aromatic carbocycles. The second kappa shape index (κ2) is 10.1. The first kappa shape index (κ1) is 23.0. The first-order valence-corrected chi connectivity index (χ1v) is 11.3. The molecule has 0 aliphatic heterocycles. The second-order valence-electron chi connectivity index (χ2n) is 7.02. The number of carbonyl (C=O) groups excluding carboxylic acids is 2. The quantitative estimate of drug-likeness (QED) is 0.405. The molecule has 3 aromatic rings. The van der Waals surface area contributed by atoms with Gasteiger partial charge in [0, 0.05) is 22.8 Å². The fraction of sp³-hybridized carbons (Fsp3) is 0.381. The van der Waals surface area contributed by atoms with E-state index in [0.717, 1.165) is 22.5 Å². The van der Waals surface area contributed by atoms with E-state index >= 15 is 0 Å². The number of carbonyl (C=O) groups is 2. The highest BCUT2D eigenvalue weighted by Gasteiger charge is 2.20. The molecule has 164 valence electrons. The first-order chi connectivity index (χ1) is 14.8. The molecule has 2 aromatic heterocycles. The summed E-state index contributed by atoms with van der Waals surface area (Å²) in [6.45, 7) is 3.85. The van der Waals surface area contributed by atoms with Crippen LogP contribution in [0.4, 0.5) is 0 Å². The predicted molar refractivity (Wildman–Crippen MR) is 119 cm³/mol. The average Bonchev–Trinajstić information content (AvgIpc) is 3.16. The summed E-state index contributed by atoms with van der Waals surface area (Å²) in [5, 5.41) is 8.61. The summed E-state index contributed by atoms with van der Waals surface area (Å²) >= 11 is 7.41. The Hall–Kier alpha value is -2.65. The largest absolute Gasteiger partial charge is 0.469 e. The maximum atomic E-state index is 12.7. The molecule has 1 atom stereocenters. The van der Waals surface area contributed by atoms with Crippen LogP contribution < -0.4 is 5.32 Å². The number of hydrogen-bond donors (Lipinski definition) is 1. The number of nitrogens with one attached hydrogen (secondary N) is 1. The molecule has 0 spiro atoms. The fourth-order valence-electron chi connectivity index (χ4n) is 3.34. The number of halogens is 1. The molecule has 0 aliphatic rings. The summed E-state index contributed by atoms with van der Waals surface area (Å²) in [6.07, 6.45) is 2.68. The van der Waals surface area contributed by atoms with E-state index in [1.165, 1.54) is 18.9 Å². The molecule has 0 saturated heterocycles. The molecule has 0 saturated carbocycles. The van der Waals surface area contributed by atoms with Crippen LogP contribution in [0.2, 0.25) is 5.02 Å². The zero-order valence-electron chi connectivity index (χ0n) is 17.8. The summed E-state index contributed by atoms with van der Waals surface area (Å²) in [6, 6.07) is 6.52. The van der Waals surface area contributed by atoms with Crippen molar-refractivity contribution in [1.29, 1.82) is 0 Å². The van der Waals surface area contributed by atoms with E-state index in [1.807, 2.05) is 20.1 Å². The van der Waals surface area contributed by atoms with Gasteiger partial charge in [-0.2, -0.15) is 4.98 Å². The highest BCUT2D eigenvalue weighted by atomic mass is 35.5. The number of benzene rings is 1. The molecule has 2 heterocycles. The Labute approximate surface area is 189 Å². The normalized spacial score (nSPS) is 12.0. The molecule has 10 heteroatoms. The molecular formula is C21H24ClN5O3S. The number of amides is 1. The van der Waals surface area contributed by atoms with Gasteiger partial charge in [-0.3, -0.25) is 9.59 Å². The van der Waals surface area contributed by atoms with E-state index < -0.39 is 12.0 Å². The second-order valence-corrected chi connectivity index (χ2v) is 8.23. The molecule has 0 bridgehead atoms. The molecule has 0 aliphatic carbocycles. The van der Waals surface area contributed by atoms with Crippen molar-refractivity contribution in [3.8, 4) is 0 Å². The van der Waals surface area contributed by atoms with E-state index in [-0.39, 0.29) is 18.7 Å². The van der Waals surface area contributed by atoms with Crippen LogP contribution in [0.5, 0.6) is 0 Å². The summed E-state index contributed by atoms with van der Waals surface area (Å²) in [4.78, 5) is 33.5. The lowest BCUT2D eigenvalue weighted by molar-refractivity contribution is -0.141. The first-order valence-electron chi connectivity index (χ1n) is 9.70. The molecule has 0 fully saturated rings. The van der Waals surface area contributed by atoms with E-state index in [2.05, 4.69) is 20.4 Å². The number of aromatic nitrogens is 4. The van der Waals surface area contributed by atoms with Gasteiger partial charge in [0.25, 0.3) is 5.78 Å². The van der Waals surface area contributed by atoms with Crippen LogP contribution in [0.3, 0.4) is 0 Å². The third-order valence-corrected chi connectivity index (χ3v) is 5.81. The lowest BCUT2D eigenvalue weighted by Crippen LogP contribution is -2.30. The highest BCUT2D eigenvalue weighted by molar-refractivity contribution is 7.98. The van der Waals surface area contributed by atoms with Gasteiger partial charge >= 0.3 is 5.97 Å². The molecule has 8 nitrogen and oxygen atoms in total. The Bertz CT molecular complexity index is 1100. The van der Waals surface area contributed by atoms with Crippen molar-refractivity contribution in [2.45, 2.75) is 44.3 Å². The lowest BCUT2D eigenvalue weighted by Gasteiger charge is -2.19. The summed E-state index contributed by atoms with van der Waals surface area (Å²) in [7, 11) is 1.32. The Kier molecular flexibility index (Phi) is 7.50. The Balaban J connectivity index is 1.74. The van der Waals surface area contributed by atoms with Gasteiger partial charge in [0.2, 0.25) is 11.1 Å². The Morgan fingerprint density at radius 2 is 1.94 bits per heavy atom. The van der Waals surface area contributed by atoms with Crippen molar-refractivity contribution in [3.63, 3.8) is 0 Å². The topological polar surface area (TPSA) is 98.5 Å². The van der Waals surface area contributed by atoms with Gasteiger partial charge in [-0.05, 0) is 49.8 Å². The molecule has 3 rings (SSSR count). The minimum atomic E-state index is -0.500. The number of rotatable bonds is 8. The third kappa shape index (κ3) is 5.54. The van der Waals surface area contributed by atoms with E-state index in [0.29, 0.717) is 22.4 Å². The number of thioether (sulfide) groups is 1. The molecule has 31 heavy (non-hydrogen) atoms. The SMILES string of the molecule is COC(=O)C[C@@H](NC(=O)CCc1c(C)nc2nc(SC)nn2c1C)c1ccc(Cl)cc1. The zero-order valence-corrected chi connectivity index (χ0v) is 19.4. The van der Waals surface area contributed by atoms with E-state index in [9.17, 15) is 9.59 Å². The maximum Gasteiger partial charge on any atom is 0.307 e. The van der Waals surface area contributed by atoms with Crippen molar-refractivity contribution in [2.24, 2.45) is 0 Å². The van der Waals surface area contributed by atoms with Crippen molar-refractivity contribution in [2.75, 3.05) is 13.4 Å². The third-order valence-electron chi connectivity index (χ3n) is 5.02. The number of methoxy groups -OCH3 is 1. The van der Waals surface area contributed by atoms with Crippen molar-refractivity contribution in [1.82, 2.24) is 24.9 Å². The minimum Gasteiger partial charge on any atom is -0.469 e. The van der Waals surface area contributed by atoms with Gasteiger partial charge in [0.1, 0.15) is 0 Å². The number of ether oxygens (including phenoxy) is 1. The molecule has 0 unspecified atom stereocenters. The van der Waals surface area contributed by atoms with E-state index in [1.54, 1.807) is 28.8 Å². The Morgan fingerprint density at radius 1 is 1.23 bits per heavy atom. The van der Waals surface area contributed by atoms with Gasteiger partial charge in [-0.15, -0.1) is 5.10 Å². The summed E-state index contributed by atoms with van der Waals surface area (Å²) in [5.41, 5.74) is 3.47. The summed E-state index contributed by atoms with van der Waals surface area (Å²) in [5.74, 6) is -0.0306. The average molecular weight is 462 g/mol. The molecular weight excluding hydrogens is 438 g/mol. The van der Waals surface area contributed by atoms with E-state index in [4.69, 9.17) is 16.3 Å². The van der Waals surface area contributed by atoms with Crippen LogP contribution in [0, 0.1) is 13.8 Å². The number of esters is 1. The number of nitrogens with zero attached hydrogens (tertiary/aromatic N) is 4. The Morgan fingerprint density at radius 3 is 2.58 bits per heavy atom. The smallest absolute Gasteiger partial charge is 0.307 e. The van der Waals surface area contributed by atoms with Crippen LogP contribution >= 0.6 is 23.4 Å². The molecule has 1 amide bonds. The van der Waals surface area contributed by atoms with Crippen LogP contribution in [0.1, 0.15) is 41.4 Å². The van der Waals surface area contributed by atoms with Crippen LogP contribution in [0.25, 0.3) is 5.78 Å². The minimum absolute atomic E-state index is 0.0336. The maximum absolute atomic E-state index is 12.7. The van der Waals surface area contributed by atoms with Gasteiger partial charge in [0.15, 0.2) is 0 Å². The van der Waals surface area contributed by atoms with Crippen molar-refractivity contribution >= 4 is 41.0 Å². The van der Waals surface area contributed by atoms with Gasteiger partial charge in [-0.1, -0.05) is 35.5 Å². The van der Waals surface area contributed by atoms with Gasteiger partial charge in [-0.25, -0.2) is 9.50 Å². The van der Waals surface area contributed by atoms with Gasteiger partial charge < -0.3 is 10.1 Å². The van der Waals surface area contributed by atoms with Crippen molar-refractivity contribution < 1.29 is 14.3 Å². The summed E-state index contributed by atoms with van der Waals surface area (Å²) < 4.78 is 6.49. The standard InChI is InChI=1S/C21H24ClN5O3S/c1-12-16(13(2)27-20(23-12)25-21(26-27)31-4)9-10-18(28)24-17(11-19(29)30-3)14-5-7-15(22)8-6-14/h5-8,17H,9-11H2,1-4H3,(H,24,28)/t17-/m1/s1. The van der Waals surface area contributed by atoms with Crippen molar-refractivity contribution in [3.05, 3.63) is 51.8 Å². The lowest BCUT2D eigenvalue weighted by atomic mass is 10.0. The van der Waals surface area contributed by atoms with Gasteiger partial charge in [0.05, 0.1) is 19.6 Å². The number of hydrogen-bond acceptors (Lipinski definition) is 7. The van der Waals surface area contributed by atoms with Crippen LogP contribution in [-0.2, 0) is 20.7 Å². The zero-order chi connectivity index (χ0) is 22.5. The highest BCUT2D eigenvalue weighted by Crippen LogP contribution is 2.21. The monoisotopic (exact) mass is 461 g/mol. The molecule has 0 radical (unpaired) electrons. The number of aryl methyl sites for hydroxylation is 2. The van der Waals surface area contributed by atoms with Crippen LogP contribution in [0.15, 0.2) is 29.4 Å². The fourth-order valence-corrected chi connectivity index (χ4v) is 3.80. The van der Waals surface area contributed by atoms with Crippen LogP contribution in [-0.4, -0.2) is 44.8 Å².